The van der Waals surface area contributed by atoms with Crippen LogP contribution in [-0.4, -0.2) is 0 Å². The normalized spacial score (nSPS) is 12.1. The van der Waals surface area contributed by atoms with Crippen LogP contribution in [0.5, 0.6) is 0 Å². The molecular formula is C56H56. The minimum atomic E-state index is 1.18. The number of aryl methyl sites for hydroxylation is 4. The summed E-state index contributed by atoms with van der Waals surface area (Å²) in [5.41, 5.74) is 6.03. The van der Waals surface area contributed by atoms with Gasteiger partial charge in [-0.1, -0.05) is 175 Å². The maximum atomic E-state index is 2.54. The van der Waals surface area contributed by atoms with Gasteiger partial charge in [0.05, 0.1) is 0 Å². The Labute approximate surface area is 333 Å². The Morgan fingerprint density at radius 1 is 0.268 bits per heavy atom. The highest BCUT2D eigenvalue weighted by molar-refractivity contribution is 6.34. The van der Waals surface area contributed by atoms with E-state index in [2.05, 4.69) is 149 Å². The monoisotopic (exact) mass is 728 g/mol. The smallest absolute Gasteiger partial charge is 0.00260 e. The Morgan fingerprint density at radius 3 is 0.768 bits per heavy atom. The van der Waals surface area contributed by atoms with E-state index in [1.165, 1.54) is 185 Å². The van der Waals surface area contributed by atoms with E-state index in [9.17, 15) is 0 Å². The standard InChI is InChI=1S/C36H44.C20H12/c1-5-9-13-25-17-29-18-26(14-10-6-2)23-33-34-24-28(16-12-8-4)20-30-19-27(15-11-7-3)22-32(36(30)34)31(21-25)35(29)33;1-5-13-6-2-11-17-18-12-4-8-14-7-3-10-16(20(14)18)15(9-1)19(13)17/h17-24H,5-16H2,1-4H3;1-12H. The van der Waals surface area contributed by atoms with Crippen LogP contribution in [0.15, 0.2) is 121 Å². The van der Waals surface area contributed by atoms with Crippen molar-refractivity contribution in [1.82, 2.24) is 0 Å². The minimum Gasteiger partial charge on any atom is -0.0654 e. The zero-order valence-corrected chi connectivity index (χ0v) is 34.0. The van der Waals surface area contributed by atoms with Crippen LogP contribution in [0.2, 0.25) is 0 Å². The van der Waals surface area contributed by atoms with E-state index in [1.54, 1.807) is 0 Å². The molecule has 0 fully saturated rings. The number of hydrogen-bond donors (Lipinski definition) is 0. The van der Waals surface area contributed by atoms with E-state index in [-0.39, 0.29) is 0 Å². The second-order valence-corrected chi connectivity index (χ2v) is 16.6. The maximum Gasteiger partial charge on any atom is -0.00260 e. The largest absolute Gasteiger partial charge is 0.0654 e. The average molecular weight is 729 g/mol. The average Bonchev–Trinajstić information content (AvgIpc) is 3.23. The lowest BCUT2D eigenvalue weighted by atomic mass is 9.84. The maximum absolute atomic E-state index is 2.54. The third-order valence-corrected chi connectivity index (χ3v) is 12.6. The summed E-state index contributed by atoms with van der Waals surface area (Å²) in [6.07, 6.45) is 14.7. The molecule has 0 heterocycles. The second kappa shape index (κ2) is 15.7. The van der Waals surface area contributed by atoms with E-state index >= 15 is 0 Å². The Hall–Kier alpha value is -5.20. The molecule has 280 valence electrons. The van der Waals surface area contributed by atoms with Crippen LogP contribution in [0.4, 0.5) is 0 Å². The number of unbranched alkanes of at least 4 members (excludes halogenated alkanes) is 4. The van der Waals surface area contributed by atoms with Crippen molar-refractivity contribution in [2.75, 3.05) is 0 Å². The summed E-state index contributed by atoms with van der Waals surface area (Å²) >= 11 is 0. The Morgan fingerprint density at radius 2 is 0.518 bits per heavy atom. The highest BCUT2D eigenvalue weighted by atomic mass is 14.2. The molecule has 0 N–H and O–H groups in total. The third-order valence-electron chi connectivity index (χ3n) is 12.6. The van der Waals surface area contributed by atoms with Crippen LogP contribution in [0, 0.1) is 0 Å². The topological polar surface area (TPSA) is 0 Å². The molecule has 0 heteroatoms. The van der Waals surface area contributed by atoms with Crippen LogP contribution in [-0.2, 0) is 25.7 Å². The van der Waals surface area contributed by atoms with Gasteiger partial charge in [0.2, 0.25) is 0 Å². The van der Waals surface area contributed by atoms with E-state index in [0.29, 0.717) is 0 Å². The molecule has 10 aromatic rings. The van der Waals surface area contributed by atoms with Gasteiger partial charge in [0.1, 0.15) is 0 Å². The van der Waals surface area contributed by atoms with Gasteiger partial charge in [0.15, 0.2) is 0 Å². The summed E-state index contributed by atoms with van der Waals surface area (Å²) < 4.78 is 0. The van der Waals surface area contributed by atoms with Crippen LogP contribution >= 0.6 is 0 Å². The molecule has 0 nitrogen and oxygen atoms in total. The van der Waals surface area contributed by atoms with Gasteiger partial charge >= 0.3 is 0 Å². The summed E-state index contributed by atoms with van der Waals surface area (Å²) in [7, 11) is 0. The van der Waals surface area contributed by atoms with Crippen molar-refractivity contribution < 1.29 is 0 Å². The molecule has 10 rings (SSSR count). The van der Waals surface area contributed by atoms with Crippen LogP contribution in [0.25, 0.3) is 86.2 Å². The SMILES string of the molecule is CCCCc1cc2cc(CCCC)cc3c4cc(CCCC)cc5cc(CCCC)cc(c(c1)c23)c54.c1cc2cccc3c4cccc5cccc(c(c1)c23)c54. The van der Waals surface area contributed by atoms with Crippen molar-refractivity contribution in [3.05, 3.63) is 144 Å². The van der Waals surface area contributed by atoms with E-state index in [0.717, 1.165) is 0 Å². The lowest BCUT2D eigenvalue weighted by Crippen LogP contribution is -1.96. The summed E-state index contributed by atoms with van der Waals surface area (Å²) in [4.78, 5) is 0. The molecular weight excluding hydrogens is 673 g/mol. The number of hydrogen-bond acceptors (Lipinski definition) is 0. The lowest BCUT2D eigenvalue weighted by molar-refractivity contribution is 0.794. The van der Waals surface area contributed by atoms with Crippen LogP contribution < -0.4 is 0 Å². The van der Waals surface area contributed by atoms with Crippen molar-refractivity contribution in [2.45, 2.75) is 105 Å². The number of benzene rings is 10. The van der Waals surface area contributed by atoms with Gasteiger partial charge in [-0.25, -0.2) is 0 Å². The second-order valence-electron chi connectivity index (χ2n) is 16.6. The molecule has 0 aromatic heterocycles. The molecule has 0 amide bonds. The lowest BCUT2D eigenvalue weighted by Gasteiger charge is -2.19. The fourth-order valence-electron chi connectivity index (χ4n) is 9.81. The van der Waals surface area contributed by atoms with Crippen molar-refractivity contribution in [3.63, 3.8) is 0 Å². The van der Waals surface area contributed by atoms with Crippen molar-refractivity contribution in [3.8, 4) is 0 Å². The fourth-order valence-corrected chi connectivity index (χ4v) is 9.81. The summed E-state index contributed by atoms with van der Waals surface area (Å²) in [5.74, 6) is 0. The molecule has 0 bridgehead atoms. The molecule has 0 atom stereocenters. The van der Waals surface area contributed by atoms with Gasteiger partial charge in [0, 0.05) is 0 Å². The zero-order chi connectivity index (χ0) is 38.2. The molecule has 0 aliphatic heterocycles. The zero-order valence-electron chi connectivity index (χ0n) is 34.0. The summed E-state index contributed by atoms with van der Waals surface area (Å²) in [6.45, 7) is 9.22. The van der Waals surface area contributed by atoms with Crippen LogP contribution in [0.1, 0.15) is 101 Å². The number of rotatable bonds is 12. The van der Waals surface area contributed by atoms with Crippen molar-refractivity contribution in [2.24, 2.45) is 0 Å². The van der Waals surface area contributed by atoms with Crippen LogP contribution in [0.3, 0.4) is 0 Å². The van der Waals surface area contributed by atoms with E-state index in [1.807, 2.05) is 0 Å². The molecule has 10 aromatic carbocycles. The quantitative estimate of drug-likeness (QED) is 0.0868. The molecule has 56 heavy (non-hydrogen) atoms. The van der Waals surface area contributed by atoms with Gasteiger partial charge in [-0.15, -0.1) is 0 Å². The molecule has 0 saturated carbocycles. The molecule has 0 unspecified atom stereocenters. The Balaban J connectivity index is 0.000000171. The first kappa shape index (κ1) is 36.4. The first-order valence-corrected chi connectivity index (χ1v) is 21.8. The first-order chi connectivity index (χ1) is 27.6. The summed E-state index contributed by atoms with van der Waals surface area (Å²) in [6, 6.07) is 46.7. The highest BCUT2D eigenvalue weighted by Gasteiger charge is 2.17. The minimum absolute atomic E-state index is 1.18. The summed E-state index contributed by atoms with van der Waals surface area (Å²) in [5, 5.41) is 22.7. The Bertz CT molecular complexity index is 2570. The predicted molar refractivity (Wildman–Crippen MR) is 250 cm³/mol. The highest BCUT2D eigenvalue weighted by Crippen LogP contribution is 2.44. The molecule has 0 radical (unpaired) electrons. The molecule has 0 aliphatic rings. The van der Waals surface area contributed by atoms with Gasteiger partial charge in [0.25, 0.3) is 0 Å². The van der Waals surface area contributed by atoms with Crippen molar-refractivity contribution in [1.29, 1.82) is 0 Å². The first-order valence-electron chi connectivity index (χ1n) is 21.8. The third kappa shape index (κ3) is 6.52. The predicted octanol–water partition coefficient (Wildman–Crippen LogP) is 16.8. The van der Waals surface area contributed by atoms with Gasteiger partial charge in [-0.2, -0.15) is 0 Å². The molecule has 0 aliphatic carbocycles. The van der Waals surface area contributed by atoms with Gasteiger partial charge in [-0.05, 0) is 160 Å². The fraction of sp³-hybridized carbons (Fsp3) is 0.286. The Kier molecular flexibility index (Phi) is 10.2. The van der Waals surface area contributed by atoms with Crippen molar-refractivity contribution >= 4 is 86.2 Å². The molecule has 0 saturated heterocycles. The van der Waals surface area contributed by atoms with Gasteiger partial charge < -0.3 is 0 Å². The van der Waals surface area contributed by atoms with E-state index in [4.69, 9.17) is 0 Å². The van der Waals surface area contributed by atoms with Gasteiger partial charge in [-0.3, -0.25) is 0 Å². The van der Waals surface area contributed by atoms with E-state index < -0.39 is 0 Å². The molecule has 0 spiro atoms. The number of fused-ring (bicyclic) bond motifs is 4.